The molecule has 0 spiro atoms. The monoisotopic (exact) mass is 603 g/mol. The lowest BCUT2D eigenvalue weighted by atomic mass is 10.0. The van der Waals surface area contributed by atoms with Crippen molar-refractivity contribution in [2.75, 3.05) is 18.9 Å². The standard InChI is InChI=1S/C33H37N3O6S/c1-25-15-16-27-23-31(36(30(27)22-25)19-20-41-29-13-6-3-7-14-29)32(37)34-43(39,40)21-17-28-12-8-9-18-35(28)33(38)42-24-26-10-4-2-5-11-26/h2-7,10-11,13-16,22-23,28H,8-9,12,17-21,24H2,1H3,(H,34,37)/t28-/m0/s1. The summed E-state index contributed by atoms with van der Waals surface area (Å²) in [6.07, 6.45) is 2.16. The molecule has 1 N–H and O–H groups in total. The maximum atomic E-state index is 13.4. The Labute approximate surface area is 252 Å². The summed E-state index contributed by atoms with van der Waals surface area (Å²) >= 11 is 0. The Balaban J connectivity index is 1.23. The van der Waals surface area contributed by atoms with Crippen molar-refractivity contribution < 1.29 is 27.5 Å². The molecule has 2 heterocycles. The number of nitrogens with zero attached hydrogens (tertiary/aromatic N) is 2. The second kappa shape index (κ2) is 13.8. The van der Waals surface area contributed by atoms with E-state index in [9.17, 15) is 18.0 Å². The van der Waals surface area contributed by atoms with E-state index in [0.717, 1.165) is 34.9 Å². The van der Waals surface area contributed by atoms with Gasteiger partial charge in [-0.2, -0.15) is 0 Å². The minimum Gasteiger partial charge on any atom is -0.492 e. The zero-order valence-electron chi connectivity index (χ0n) is 24.3. The van der Waals surface area contributed by atoms with E-state index in [-0.39, 0.29) is 30.5 Å². The Hall–Kier alpha value is -4.31. The summed E-state index contributed by atoms with van der Waals surface area (Å²) in [5.74, 6) is -0.275. The first-order valence-electron chi connectivity index (χ1n) is 14.6. The number of carbonyl (C=O) groups is 2. The van der Waals surface area contributed by atoms with Crippen LogP contribution in [0.2, 0.25) is 0 Å². The second-order valence-corrected chi connectivity index (χ2v) is 12.7. The number of piperidine rings is 1. The van der Waals surface area contributed by atoms with Crippen molar-refractivity contribution in [1.29, 1.82) is 0 Å². The minimum absolute atomic E-state index is 0.154. The number of sulfonamides is 1. The Morgan fingerprint density at radius 2 is 1.70 bits per heavy atom. The molecule has 1 aliphatic rings. The normalized spacial score (nSPS) is 15.3. The fraction of sp³-hybridized carbons (Fsp3) is 0.333. The molecule has 1 atom stereocenters. The van der Waals surface area contributed by atoms with E-state index in [1.165, 1.54) is 0 Å². The number of hydrogen-bond acceptors (Lipinski definition) is 6. The third kappa shape index (κ3) is 7.95. The minimum atomic E-state index is -3.98. The zero-order chi connectivity index (χ0) is 30.2. The molecule has 3 aromatic carbocycles. The Morgan fingerprint density at radius 1 is 0.953 bits per heavy atom. The van der Waals surface area contributed by atoms with Crippen LogP contribution in [0.3, 0.4) is 0 Å². The number of aromatic nitrogens is 1. The number of carbonyl (C=O) groups excluding carboxylic acids is 2. The number of para-hydroxylation sites is 1. The molecule has 0 unspecified atom stereocenters. The number of ether oxygens (including phenoxy) is 2. The molecule has 1 aliphatic heterocycles. The van der Waals surface area contributed by atoms with Gasteiger partial charge in [0.15, 0.2) is 0 Å². The molecular weight excluding hydrogens is 566 g/mol. The fourth-order valence-electron chi connectivity index (χ4n) is 5.44. The first-order valence-corrected chi connectivity index (χ1v) is 16.2. The molecule has 10 heteroatoms. The average molecular weight is 604 g/mol. The third-order valence-corrected chi connectivity index (χ3v) is 8.92. The largest absolute Gasteiger partial charge is 0.492 e. The quantitative estimate of drug-likeness (QED) is 0.237. The topological polar surface area (TPSA) is 107 Å². The molecule has 1 aromatic heterocycles. The summed E-state index contributed by atoms with van der Waals surface area (Å²) < 4.78 is 41.7. The van der Waals surface area contributed by atoms with Crippen LogP contribution in [0.1, 0.15) is 47.3 Å². The number of nitrogens with one attached hydrogen (secondary N) is 1. The predicted octanol–water partition coefficient (Wildman–Crippen LogP) is 5.67. The smallest absolute Gasteiger partial charge is 0.410 e. The number of fused-ring (bicyclic) bond motifs is 1. The van der Waals surface area contributed by atoms with Gasteiger partial charge in [0.1, 0.15) is 24.7 Å². The van der Waals surface area contributed by atoms with Crippen LogP contribution in [0, 0.1) is 6.92 Å². The highest BCUT2D eigenvalue weighted by Crippen LogP contribution is 2.24. The van der Waals surface area contributed by atoms with Crippen molar-refractivity contribution in [3.63, 3.8) is 0 Å². The molecule has 5 rings (SSSR count). The van der Waals surface area contributed by atoms with Crippen LogP contribution < -0.4 is 9.46 Å². The van der Waals surface area contributed by atoms with Crippen molar-refractivity contribution in [3.8, 4) is 5.75 Å². The van der Waals surface area contributed by atoms with Crippen molar-refractivity contribution >= 4 is 32.9 Å². The molecule has 9 nitrogen and oxygen atoms in total. The van der Waals surface area contributed by atoms with E-state index in [1.54, 1.807) is 15.5 Å². The summed E-state index contributed by atoms with van der Waals surface area (Å²) in [5, 5.41) is 0.833. The number of likely N-dealkylation sites (tertiary alicyclic amines) is 1. The highest BCUT2D eigenvalue weighted by molar-refractivity contribution is 7.90. The SMILES string of the molecule is Cc1ccc2cc(C(=O)NS(=O)(=O)CC[C@@H]3CCCCN3C(=O)OCc3ccccc3)n(CCOc3ccccc3)c2c1. The number of hydrogen-bond donors (Lipinski definition) is 1. The van der Waals surface area contributed by atoms with E-state index < -0.39 is 22.0 Å². The van der Waals surface area contributed by atoms with Crippen molar-refractivity contribution in [1.82, 2.24) is 14.2 Å². The molecule has 0 saturated carbocycles. The van der Waals surface area contributed by atoms with Crippen LogP contribution in [-0.2, 0) is 27.9 Å². The predicted molar refractivity (Wildman–Crippen MR) is 165 cm³/mol. The van der Waals surface area contributed by atoms with Crippen molar-refractivity contribution in [2.24, 2.45) is 0 Å². The maximum Gasteiger partial charge on any atom is 0.410 e. The van der Waals surface area contributed by atoms with Gasteiger partial charge in [-0.05, 0) is 68.0 Å². The molecule has 0 aliphatic carbocycles. The average Bonchev–Trinajstić information content (AvgIpc) is 3.37. The van der Waals surface area contributed by atoms with Crippen LogP contribution in [-0.4, -0.2) is 54.8 Å². The van der Waals surface area contributed by atoms with Gasteiger partial charge in [0, 0.05) is 23.5 Å². The Bertz CT molecular complexity index is 1650. The van der Waals surface area contributed by atoms with E-state index in [2.05, 4.69) is 4.72 Å². The summed E-state index contributed by atoms with van der Waals surface area (Å²) in [5.41, 5.74) is 2.97. The molecule has 1 fully saturated rings. The number of benzene rings is 3. The molecule has 1 saturated heterocycles. The highest BCUT2D eigenvalue weighted by Gasteiger charge is 2.30. The van der Waals surface area contributed by atoms with Gasteiger partial charge in [0.25, 0.3) is 5.91 Å². The number of aryl methyl sites for hydroxylation is 1. The first-order chi connectivity index (χ1) is 20.8. The van der Waals surface area contributed by atoms with Gasteiger partial charge in [-0.1, -0.05) is 60.7 Å². The van der Waals surface area contributed by atoms with Crippen LogP contribution in [0.15, 0.2) is 84.9 Å². The summed E-state index contributed by atoms with van der Waals surface area (Å²) in [4.78, 5) is 27.9. The second-order valence-electron chi connectivity index (χ2n) is 10.8. The van der Waals surface area contributed by atoms with Gasteiger partial charge < -0.3 is 18.9 Å². The molecular formula is C33H37N3O6S. The highest BCUT2D eigenvalue weighted by atomic mass is 32.2. The van der Waals surface area contributed by atoms with Crippen LogP contribution >= 0.6 is 0 Å². The van der Waals surface area contributed by atoms with Crippen LogP contribution in [0.25, 0.3) is 10.9 Å². The van der Waals surface area contributed by atoms with E-state index in [1.807, 2.05) is 85.8 Å². The lowest BCUT2D eigenvalue weighted by Gasteiger charge is -2.34. The van der Waals surface area contributed by atoms with Gasteiger partial charge in [0.2, 0.25) is 10.0 Å². The Morgan fingerprint density at radius 3 is 2.47 bits per heavy atom. The van der Waals surface area contributed by atoms with Crippen LogP contribution in [0.5, 0.6) is 5.75 Å². The molecule has 4 aromatic rings. The van der Waals surface area contributed by atoms with Gasteiger partial charge in [-0.3, -0.25) is 4.79 Å². The molecule has 226 valence electrons. The van der Waals surface area contributed by atoms with E-state index in [4.69, 9.17) is 9.47 Å². The number of rotatable bonds is 11. The summed E-state index contributed by atoms with van der Waals surface area (Å²) in [6.45, 7) is 3.28. The molecule has 2 amide bonds. The zero-order valence-corrected chi connectivity index (χ0v) is 25.1. The van der Waals surface area contributed by atoms with Crippen LogP contribution in [0.4, 0.5) is 4.79 Å². The van der Waals surface area contributed by atoms with E-state index >= 15 is 0 Å². The molecule has 0 radical (unpaired) electrons. The van der Waals surface area contributed by atoms with Gasteiger partial charge in [-0.15, -0.1) is 0 Å². The lowest BCUT2D eigenvalue weighted by molar-refractivity contribution is 0.0672. The first kappa shape index (κ1) is 30.2. The maximum absolute atomic E-state index is 13.4. The number of amides is 2. The third-order valence-electron chi connectivity index (χ3n) is 7.65. The van der Waals surface area contributed by atoms with Gasteiger partial charge >= 0.3 is 6.09 Å². The fourth-order valence-corrected chi connectivity index (χ4v) is 6.52. The Kier molecular flexibility index (Phi) is 9.66. The molecule has 43 heavy (non-hydrogen) atoms. The van der Waals surface area contributed by atoms with Crippen molar-refractivity contribution in [2.45, 2.75) is 51.8 Å². The van der Waals surface area contributed by atoms with Gasteiger partial charge in [0.05, 0.1) is 12.3 Å². The lowest BCUT2D eigenvalue weighted by Crippen LogP contribution is -2.45. The summed E-state index contributed by atoms with van der Waals surface area (Å²) in [7, 11) is -3.98. The summed E-state index contributed by atoms with van der Waals surface area (Å²) in [6, 6.07) is 26.1. The van der Waals surface area contributed by atoms with E-state index in [0.29, 0.717) is 31.9 Å². The van der Waals surface area contributed by atoms with Gasteiger partial charge in [-0.25, -0.2) is 17.9 Å². The van der Waals surface area contributed by atoms with Crippen molar-refractivity contribution in [3.05, 3.63) is 102 Å². The molecule has 0 bridgehead atoms.